The van der Waals surface area contributed by atoms with Crippen molar-refractivity contribution in [2.24, 2.45) is 0 Å². The Bertz CT molecular complexity index is 1760. The molecular formula is C48H57N3O6. The van der Waals surface area contributed by atoms with E-state index in [4.69, 9.17) is 15.3 Å². The van der Waals surface area contributed by atoms with E-state index in [0.717, 1.165) is 55.6 Å². The third kappa shape index (κ3) is 21.9. The van der Waals surface area contributed by atoms with Gasteiger partial charge in [0.25, 0.3) is 0 Å². The molecule has 0 aliphatic carbocycles. The Morgan fingerprint density at radius 1 is 0.333 bits per heavy atom. The zero-order valence-corrected chi connectivity index (χ0v) is 34.0. The SMILES string of the molecule is CCc1cccc(C(=O)O)n1.CCc1cccc(C(=O)O)n1.CCc1cccc(C(=O)O)n1.CCc1ccccc1.CCc1ccccc1.CCc1ccccc1. The highest BCUT2D eigenvalue weighted by atomic mass is 16.4. The zero-order chi connectivity index (χ0) is 42.3. The Kier molecular flexibility index (Phi) is 25.4. The van der Waals surface area contributed by atoms with E-state index >= 15 is 0 Å². The standard InChI is InChI=1S/3C8H9NO2.3C8H10/c3*1-2-6-4-3-5-7(9-6)8(10)11;3*1-2-8-6-4-3-5-7-8/h3*3-5H,2H2,1H3,(H,10,11);3*3-7H,2H2,1H3. The van der Waals surface area contributed by atoms with Gasteiger partial charge in [-0.1, -0.05) is 151 Å². The molecule has 3 heterocycles. The first-order chi connectivity index (χ1) is 27.5. The molecule has 0 amide bonds. The minimum absolute atomic E-state index is 0.115. The molecule has 0 unspecified atom stereocenters. The van der Waals surface area contributed by atoms with Crippen molar-refractivity contribution < 1.29 is 29.7 Å². The molecule has 0 radical (unpaired) electrons. The summed E-state index contributed by atoms with van der Waals surface area (Å²) in [6.07, 6.45) is 5.71. The number of nitrogens with zero attached hydrogens (tertiary/aromatic N) is 3. The van der Waals surface area contributed by atoms with Gasteiger partial charge in [-0.05, 0) is 91.6 Å². The summed E-state index contributed by atoms with van der Waals surface area (Å²) in [4.78, 5) is 42.9. The molecule has 3 aromatic heterocycles. The van der Waals surface area contributed by atoms with E-state index in [1.165, 1.54) is 34.9 Å². The highest BCUT2D eigenvalue weighted by Crippen LogP contribution is 2.02. The number of hydrogen-bond donors (Lipinski definition) is 3. The molecule has 6 aromatic rings. The summed E-state index contributed by atoms with van der Waals surface area (Å²) in [7, 11) is 0. The van der Waals surface area contributed by atoms with E-state index in [2.05, 4.69) is 109 Å². The maximum absolute atomic E-state index is 10.4. The minimum atomic E-state index is -0.972. The van der Waals surface area contributed by atoms with E-state index < -0.39 is 17.9 Å². The lowest BCUT2D eigenvalue weighted by atomic mass is 10.2. The van der Waals surface area contributed by atoms with Gasteiger partial charge in [-0.2, -0.15) is 0 Å². The smallest absolute Gasteiger partial charge is 0.354 e. The molecule has 3 aromatic carbocycles. The predicted molar refractivity (Wildman–Crippen MR) is 229 cm³/mol. The van der Waals surface area contributed by atoms with Crippen molar-refractivity contribution in [1.29, 1.82) is 0 Å². The normalized spacial score (nSPS) is 9.37. The lowest BCUT2D eigenvalue weighted by Gasteiger charge is -1.96. The van der Waals surface area contributed by atoms with Crippen LogP contribution in [0.5, 0.6) is 0 Å². The third-order valence-corrected chi connectivity index (χ3v) is 7.92. The van der Waals surface area contributed by atoms with E-state index in [0.29, 0.717) is 0 Å². The molecule has 300 valence electrons. The van der Waals surface area contributed by atoms with Gasteiger partial charge in [-0.15, -0.1) is 0 Å². The molecular weight excluding hydrogens is 715 g/mol. The Morgan fingerprint density at radius 2 is 0.561 bits per heavy atom. The second kappa shape index (κ2) is 29.8. The Morgan fingerprint density at radius 3 is 0.719 bits per heavy atom. The maximum atomic E-state index is 10.4. The molecule has 3 N–H and O–H groups in total. The van der Waals surface area contributed by atoms with Crippen molar-refractivity contribution in [3.8, 4) is 0 Å². The van der Waals surface area contributed by atoms with E-state index in [-0.39, 0.29) is 17.1 Å². The summed E-state index contributed by atoms with van der Waals surface area (Å²) in [5.74, 6) is -2.92. The van der Waals surface area contributed by atoms with Crippen LogP contribution >= 0.6 is 0 Å². The summed E-state index contributed by atoms with van der Waals surface area (Å²) in [6, 6.07) is 46.4. The first-order valence-electron chi connectivity index (χ1n) is 19.2. The summed E-state index contributed by atoms with van der Waals surface area (Å²) in [5.41, 5.74) is 7.00. The first-order valence-corrected chi connectivity index (χ1v) is 19.2. The molecule has 0 bridgehead atoms. The first kappa shape index (κ1) is 48.5. The number of hydrogen-bond acceptors (Lipinski definition) is 6. The third-order valence-electron chi connectivity index (χ3n) is 7.92. The van der Waals surface area contributed by atoms with Crippen molar-refractivity contribution in [2.45, 2.75) is 80.1 Å². The monoisotopic (exact) mass is 771 g/mol. The molecule has 0 saturated heterocycles. The maximum Gasteiger partial charge on any atom is 0.354 e. The van der Waals surface area contributed by atoms with Crippen molar-refractivity contribution >= 4 is 17.9 Å². The molecule has 0 aliphatic heterocycles. The Balaban J connectivity index is 0.000000344. The van der Waals surface area contributed by atoms with Gasteiger partial charge >= 0.3 is 17.9 Å². The topological polar surface area (TPSA) is 151 Å². The number of rotatable bonds is 9. The number of carboxylic acid groups (broad SMARTS) is 3. The molecule has 0 fully saturated rings. The summed E-state index contributed by atoms with van der Waals surface area (Å²) in [5, 5.41) is 25.6. The summed E-state index contributed by atoms with van der Waals surface area (Å²) < 4.78 is 0. The van der Waals surface area contributed by atoms with Gasteiger partial charge in [0, 0.05) is 17.1 Å². The van der Waals surface area contributed by atoms with Gasteiger partial charge in [0.05, 0.1) is 0 Å². The fourth-order valence-corrected chi connectivity index (χ4v) is 4.53. The lowest BCUT2D eigenvalue weighted by molar-refractivity contribution is 0.0679. The number of carboxylic acids is 3. The van der Waals surface area contributed by atoms with Crippen LogP contribution in [0, 0.1) is 0 Å². The second-order valence-corrected chi connectivity index (χ2v) is 12.0. The lowest BCUT2D eigenvalue weighted by Crippen LogP contribution is -2.01. The second-order valence-electron chi connectivity index (χ2n) is 12.0. The van der Waals surface area contributed by atoms with Crippen LogP contribution < -0.4 is 0 Å². The van der Waals surface area contributed by atoms with Crippen molar-refractivity contribution in [3.63, 3.8) is 0 Å². The van der Waals surface area contributed by atoms with Crippen LogP contribution in [-0.4, -0.2) is 48.2 Å². The fraction of sp³-hybridized carbons (Fsp3) is 0.250. The quantitative estimate of drug-likeness (QED) is 0.130. The van der Waals surface area contributed by atoms with E-state index in [1.807, 2.05) is 57.2 Å². The highest BCUT2D eigenvalue weighted by molar-refractivity contribution is 5.86. The molecule has 57 heavy (non-hydrogen) atoms. The van der Waals surface area contributed by atoms with Crippen molar-refractivity contribution in [2.75, 3.05) is 0 Å². The summed E-state index contributed by atoms with van der Waals surface area (Å²) >= 11 is 0. The van der Waals surface area contributed by atoms with Crippen LogP contribution in [0.3, 0.4) is 0 Å². The van der Waals surface area contributed by atoms with Crippen molar-refractivity contribution in [3.05, 3.63) is 196 Å². The van der Waals surface area contributed by atoms with Crippen LogP contribution in [-0.2, 0) is 38.5 Å². The van der Waals surface area contributed by atoms with Crippen LogP contribution in [0.4, 0.5) is 0 Å². The highest BCUT2D eigenvalue weighted by Gasteiger charge is 2.04. The number of carbonyl (C=O) groups is 3. The van der Waals surface area contributed by atoms with Crippen LogP contribution in [0.25, 0.3) is 0 Å². The number of benzene rings is 3. The van der Waals surface area contributed by atoms with Crippen molar-refractivity contribution in [1.82, 2.24) is 15.0 Å². The van der Waals surface area contributed by atoms with Crippen LogP contribution in [0.2, 0.25) is 0 Å². The summed E-state index contributed by atoms with van der Waals surface area (Å²) in [6.45, 7) is 12.3. The number of aryl methyl sites for hydroxylation is 6. The molecule has 0 atom stereocenters. The largest absolute Gasteiger partial charge is 0.477 e. The van der Waals surface area contributed by atoms with E-state index in [1.54, 1.807) is 18.2 Å². The fourth-order valence-electron chi connectivity index (χ4n) is 4.53. The molecule has 9 heteroatoms. The predicted octanol–water partition coefficient (Wildman–Crippen LogP) is 10.8. The van der Waals surface area contributed by atoms with Gasteiger partial charge in [0.15, 0.2) is 0 Å². The molecule has 6 rings (SSSR count). The van der Waals surface area contributed by atoms with Crippen LogP contribution in [0.1, 0.15) is 107 Å². The molecule has 0 saturated carbocycles. The number of aromatic nitrogens is 3. The van der Waals surface area contributed by atoms with Gasteiger partial charge < -0.3 is 15.3 Å². The number of aromatic carboxylic acids is 3. The average molecular weight is 772 g/mol. The Hall–Kier alpha value is -6.48. The minimum Gasteiger partial charge on any atom is -0.477 e. The van der Waals surface area contributed by atoms with Gasteiger partial charge in [-0.25, -0.2) is 29.3 Å². The van der Waals surface area contributed by atoms with Gasteiger partial charge in [0.1, 0.15) is 17.1 Å². The number of pyridine rings is 3. The molecule has 9 nitrogen and oxygen atoms in total. The van der Waals surface area contributed by atoms with Crippen LogP contribution in [0.15, 0.2) is 146 Å². The Labute approximate surface area is 338 Å². The molecule has 0 spiro atoms. The molecule has 0 aliphatic rings. The van der Waals surface area contributed by atoms with E-state index in [9.17, 15) is 14.4 Å². The average Bonchev–Trinajstić information content (AvgIpc) is 3.28. The van der Waals surface area contributed by atoms with Gasteiger partial charge in [0.2, 0.25) is 0 Å². The van der Waals surface area contributed by atoms with Gasteiger partial charge in [-0.3, -0.25) is 0 Å². The zero-order valence-electron chi connectivity index (χ0n) is 34.0.